The van der Waals surface area contributed by atoms with E-state index in [2.05, 4.69) is 20.2 Å². The number of carbonyl (C=O) groups is 1. The van der Waals surface area contributed by atoms with E-state index in [1.54, 1.807) is 37.8 Å². The molecule has 0 aliphatic carbocycles. The van der Waals surface area contributed by atoms with E-state index < -0.39 is 0 Å². The van der Waals surface area contributed by atoms with Crippen LogP contribution in [0.4, 0.5) is 11.5 Å². The molecular weight excluding hydrogens is 420 g/mol. The maximum Gasteiger partial charge on any atom is 0.275 e. The van der Waals surface area contributed by atoms with Crippen molar-refractivity contribution < 1.29 is 14.3 Å². The average molecular weight is 443 g/mol. The van der Waals surface area contributed by atoms with E-state index in [1.165, 1.54) is 11.3 Å². The highest BCUT2D eigenvalue weighted by Gasteiger charge is 2.15. The van der Waals surface area contributed by atoms with Crippen LogP contribution in [0.1, 0.15) is 10.5 Å². The van der Waals surface area contributed by atoms with Gasteiger partial charge in [0, 0.05) is 65.6 Å². The summed E-state index contributed by atoms with van der Waals surface area (Å²) >= 11 is 3.39. The fourth-order valence-corrected chi connectivity index (χ4v) is 4.77. The first-order valence-electron chi connectivity index (χ1n) is 9.45. The molecule has 3 heterocycles. The van der Waals surface area contributed by atoms with E-state index in [0.717, 1.165) is 41.0 Å². The molecule has 1 aliphatic heterocycles. The molecule has 4 rings (SSSR count). The van der Waals surface area contributed by atoms with Crippen LogP contribution < -0.4 is 19.7 Å². The highest BCUT2D eigenvalue weighted by molar-refractivity contribution is 7.99. The van der Waals surface area contributed by atoms with E-state index >= 15 is 0 Å². The van der Waals surface area contributed by atoms with Gasteiger partial charge in [-0.2, -0.15) is 11.8 Å². The predicted molar refractivity (Wildman–Crippen MR) is 122 cm³/mol. The average Bonchev–Trinajstić information content (AvgIpc) is 3.30. The van der Waals surface area contributed by atoms with Crippen molar-refractivity contribution in [3.63, 3.8) is 0 Å². The highest BCUT2D eigenvalue weighted by atomic mass is 32.2. The second-order valence-electron chi connectivity index (χ2n) is 6.60. The Balaban J connectivity index is 1.46. The number of anilines is 2. The molecule has 1 aliphatic rings. The van der Waals surface area contributed by atoms with Crippen molar-refractivity contribution >= 4 is 40.5 Å². The first-order valence-corrected chi connectivity index (χ1v) is 11.5. The number of carbonyl (C=O) groups excluding carboxylic acids is 1. The zero-order valence-electron chi connectivity index (χ0n) is 16.8. The van der Waals surface area contributed by atoms with Gasteiger partial charge >= 0.3 is 0 Å². The minimum absolute atomic E-state index is 0.289. The molecule has 1 saturated heterocycles. The van der Waals surface area contributed by atoms with Crippen LogP contribution in [0.3, 0.4) is 0 Å². The van der Waals surface area contributed by atoms with Gasteiger partial charge in [-0.15, -0.1) is 11.3 Å². The largest absolute Gasteiger partial charge is 0.497 e. The normalized spacial score (nSPS) is 13.7. The van der Waals surface area contributed by atoms with Crippen molar-refractivity contribution in [2.24, 2.45) is 0 Å². The van der Waals surface area contributed by atoms with Crippen molar-refractivity contribution in [1.82, 2.24) is 9.97 Å². The van der Waals surface area contributed by atoms with Crippen molar-refractivity contribution in [1.29, 1.82) is 0 Å². The lowest BCUT2D eigenvalue weighted by Gasteiger charge is -2.27. The molecule has 2 aromatic heterocycles. The van der Waals surface area contributed by atoms with Gasteiger partial charge < -0.3 is 19.7 Å². The fraction of sp³-hybridized carbons (Fsp3) is 0.286. The number of benzene rings is 1. The van der Waals surface area contributed by atoms with E-state index in [9.17, 15) is 4.79 Å². The van der Waals surface area contributed by atoms with Crippen LogP contribution in [0.15, 0.2) is 41.9 Å². The van der Waals surface area contributed by atoms with Gasteiger partial charge in [0.15, 0.2) is 0 Å². The lowest BCUT2D eigenvalue weighted by molar-refractivity contribution is 0.102. The highest BCUT2D eigenvalue weighted by Crippen LogP contribution is 2.28. The number of nitrogens with one attached hydrogen (secondary N) is 1. The number of thioether (sulfide) groups is 1. The molecule has 1 N–H and O–H groups in total. The van der Waals surface area contributed by atoms with Crippen LogP contribution >= 0.6 is 23.1 Å². The number of ether oxygens (including phenoxy) is 2. The summed E-state index contributed by atoms with van der Waals surface area (Å²) in [6, 6.07) is 9.24. The predicted octanol–water partition coefficient (Wildman–Crippen LogP) is 4.03. The SMILES string of the molecule is COc1cc(NC(=O)c2csc(-c3ccc(N4CCSCC4)nc3)n2)cc(OC)c1. The Kier molecular flexibility index (Phi) is 6.39. The third-order valence-electron chi connectivity index (χ3n) is 4.68. The molecular formula is C21H22N4O3S2. The van der Waals surface area contributed by atoms with Crippen molar-refractivity contribution in [2.75, 3.05) is 49.0 Å². The number of hydrogen-bond acceptors (Lipinski definition) is 8. The summed E-state index contributed by atoms with van der Waals surface area (Å²) in [5.74, 6) is 4.16. The molecule has 0 bridgehead atoms. The monoisotopic (exact) mass is 442 g/mol. The second-order valence-corrected chi connectivity index (χ2v) is 8.68. The molecule has 30 heavy (non-hydrogen) atoms. The van der Waals surface area contributed by atoms with Gasteiger partial charge in [-0.25, -0.2) is 9.97 Å². The molecule has 1 amide bonds. The summed E-state index contributed by atoms with van der Waals surface area (Å²) in [5.41, 5.74) is 1.84. The van der Waals surface area contributed by atoms with Gasteiger partial charge in [-0.3, -0.25) is 4.79 Å². The Hall–Kier alpha value is -2.78. The zero-order valence-corrected chi connectivity index (χ0v) is 18.4. The van der Waals surface area contributed by atoms with E-state index in [-0.39, 0.29) is 5.91 Å². The number of amides is 1. The number of aromatic nitrogens is 2. The van der Waals surface area contributed by atoms with Crippen LogP contribution in [0.25, 0.3) is 10.6 Å². The molecule has 1 aromatic carbocycles. The first kappa shape index (κ1) is 20.5. The molecule has 0 radical (unpaired) electrons. The number of nitrogens with zero attached hydrogens (tertiary/aromatic N) is 3. The van der Waals surface area contributed by atoms with Gasteiger partial charge in [0.2, 0.25) is 0 Å². The Morgan fingerprint density at radius 1 is 1.10 bits per heavy atom. The summed E-state index contributed by atoms with van der Waals surface area (Å²) in [4.78, 5) is 24.0. The molecule has 0 spiro atoms. The number of thiazole rings is 1. The number of methoxy groups -OCH3 is 2. The Morgan fingerprint density at radius 3 is 2.47 bits per heavy atom. The summed E-state index contributed by atoms with van der Waals surface area (Å²) in [5, 5.41) is 5.35. The molecule has 156 valence electrons. The van der Waals surface area contributed by atoms with Crippen LogP contribution in [0.2, 0.25) is 0 Å². The lowest BCUT2D eigenvalue weighted by Crippen LogP contribution is -2.32. The topological polar surface area (TPSA) is 76.6 Å². The zero-order chi connectivity index (χ0) is 20.9. The summed E-state index contributed by atoms with van der Waals surface area (Å²) < 4.78 is 10.5. The minimum Gasteiger partial charge on any atom is -0.497 e. The standard InChI is InChI=1S/C21H22N4O3S2/c1-27-16-9-15(10-17(11-16)28-2)23-20(26)18-13-30-21(24-18)14-3-4-19(22-12-14)25-5-7-29-8-6-25/h3-4,9-13H,5-8H2,1-2H3,(H,23,26). The van der Waals surface area contributed by atoms with Crippen LogP contribution in [-0.4, -0.2) is 54.7 Å². The lowest BCUT2D eigenvalue weighted by atomic mass is 10.2. The number of pyridine rings is 1. The maximum atomic E-state index is 12.6. The summed E-state index contributed by atoms with van der Waals surface area (Å²) in [6.45, 7) is 2.04. The molecule has 0 unspecified atom stereocenters. The summed E-state index contributed by atoms with van der Waals surface area (Å²) in [7, 11) is 3.13. The molecule has 7 nitrogen and oxygen atoms in total. The quantitative estimate of drug-likeness (QED) is 0.618. The third-order valence-corrected chi connectivity index (χ3v) is 6.51. The van der Waals surface area contributed by atoms with Gasteiger partial charge in [-0.05, 0) is 12.1 Å². The Bertz CT molecular complexity index is 995. The first-order chi connectivity index (χ1) is 14.7. The number of hydrogen-bond donors (Lipinski definition) is 1. The maximum absolute atomic E-state index is 12.6. The van der Waals surface area contributed by atoms with E-state index in [1.807, 2.05) is 30.1 Å². The van der Waals surface area contributed by atoms with Crippen molar-refractivity contribution in [2.45, 2.75) is 0 Å². The molecule has 1 fully saturated rings. The van der Waals surface area contributed by atoms with Crippen LogP contribution in [-0.2, 0) is 0 Å². The Morgan fingerprint density at radius 2 is 1.83 bits per heavy atom. The smallest absolute Gasteiger partial charge is 0.275 e. The number of rotatable bonds is 6. The van der Waals surface area contributed by atoms with Gasteiger partial charge in [-0.1, -0.05) is 0 Å². The molecule has 0 atom stereocenters. The van der Waals surface area contributed by atoms with Crippen LogP contribution in [0, 0.1) is 0 Å². The molecule has 0 saturated carbocycles. The fourth-order valence-electron chi connectivity index (χ4n) is 3.08. The van der Waals surface area contributed by atoms with Crippen molar-refractivity contribution in [3.05, 3.63) is 47.6 Å². The van der Waals surface area contributed by atoms with Gasteiger partial charge in [0.1, 0.15) is 28.0 Å². The summed E-state index contributed by atoms with van der Waals surface area (Å²) in [6.07, 6.45) is 1.82. The van der Waals surface area contributed by atoms with Gasteiger partial charge in [0.05, 0.1) is 14.2 Å². The molecule has 9 heteroatoms. The van der Waals surface area contributed by atoms with E-state index in [4.69, 9.17) is 9.47 Å². The Labute approximate surface area is 183 Å². The van der Waals surface area contributed by atoms with Crippen LogP contribution in [0.5, 0.6) is 11.5 Å². The second kappa shape index (κ2) is 9.36. The van der Waals surface area contributed by atoms with E-state index in [0.29, 0.717) is 22.9 Å². The van der Waals surface area contributed by atoms with Gasteiger partial charge in [0.25, 0.3) is 5.91 Å². The minimum atomic E-state index is -0.289. The molecule has 3 aromatic rings. The third kappa shape index (κ3) is 4.68. The van der Waals surface area contributed by atoms with Crippen molar-refractivity contribution in [3.8, 4) is 22.1 Å².